The second-order valence-corrected chi connectivity index (χ2v) is 7.89. The Kier molecular flexibility index (Phi) is 3.33. The quantitative estimate of drug-likeness (QED) is 0.592. The van der Waals surface area contributed by atoms with Gasteiger partial charge in [0.1, 0.15) is 5.75 Å². The van der Waals surface area contributed by atoms with Crippen molar-refractivity contribution in [2.45, 2.75) is 25.0 Å². The van der Waals surface area contributed by atoms with E-state index >= 15 is 0 Å². The standard InChI is InChI=1S/C15H18O5S/c1-19-13(16)15-8-14(9-15,10-15)11-20-21(17,18)7-12-5-3-2-4-6-12/h2-6H,7-11H2,1H3. The molecule has 1 aromatic carbocycles. The van der Waals surface area contributed by atoms with Gasteiger partial charge in [0, 0.05) is 0 Å². The molecular formula is C15H18O5S. The fourth-order valence-corrected chi connectivity index (χ4v) is 4.73. The molecule has 4 rings (SSSR count). The van der Waals surface area contributed by atoms with Crippen LogP contribution in [0.2, 0.25) is 0 Å². The van der Waals surface area contributed by atoms with Crippen molar-refractivity contribution in [3.8, 4) is 0 Å². The SMILES string of the molecule is COC(=O)C12CC(COS(=O)(=O)Cc3ccccc3)(C1)C2. The van der Waals surface area contributed by atoms with Gasteiger partial charge in [0.25, 0.3) is 10.1 Å². The first-order chi connectivity index (χ1) is 9.89. The third kappa shape index (κ3) is 2.58. The van der Waals surface area contributed by atoms with Crippen LogP contribution in [0.1, 0.15) is 24.8 Å². The van der Waals surface area contributed by atoms with E-state index in [0.717, 1.165) is 0 Å². The number of hydrogen-bond acceptors (Lipinski definition) is 5. The summed E-state index contributed by atoms with van der Waals surface area (Å²) >= 11 is 0. The Hall–Kier alpha value is -1.40. The van der Waals surface area contributed by atoms with Gasteiger partial charge in [-0.2, -0.15) is 8.42 Å². The topological polar surface area (TPSA) is 69.7 Å². The normalized spacial score (nSPS) is 30.1. The fourth-order valence-electron chi connectivity index (χ4n) is 3.62. The Morgan fingerprint density at radius 3 is 2.38 bits per heavy atom. The van der Waals surface area contributed by atoms with Gasteiger partial charge < -0.3 is 4.74 Å². The van der Waals surface area contributed by atoms with E-state index in [1.165, 1.54) is 7.11 Å². The van der Waals surface area contributed by atoms with E-state index in [4.69, 9.17) is 8.92 Å². The summed E-state index contributed by atoms with van der Waals surface area (Å²) < 4.78 is 33.8. The Morgan fingerprint density at radius 1 is 1.19 bits per heavy atom. The van der Waals surface area contributed by atoms with Crippen LogP contribution < -0.4 is 0 Å². The average molecular weight is 310 g/mol. The van der Waals surface area contributed by atoms with Crippen molar-refractivity contribution < 1.29 is 22.1 Å². The summed E-state index contributed by atoms with van der Waals surface area (Å²) in [5.41, 5.74) is 0.209. The Labute approximate surface area is 124 Å². The maximum atomic E-state index is 12.0. The van der Waals surface area contributed by atoms with Gasteiger partial charge in [0.05, 0.1) is 19.1 Å². The molecule has 6 heteroatoms. The van der Waals surface area contributed by atoms with Crippen LogP contribution in [0.15, 0.2) is 30.3 Å². The molecule has 3 saturated carbocycles. The minimum absolute atomic E-state index is 0.119. The largest absolute Gasteiger partial charge is 0.469 e. The number of rotatable bonds is 6. The number of benzene rings is 1. The van der Waals surface area contributed by atoms with Crippen molar-refractivity contribution in [2.24, 2.45) is 10.8 Å². The monoisotopic (exact) mass is 310 g/mol. The summed E-state index contributed by atoms with van der Waals surface area (Å²) in [5, 5.41) is 0. The Morgan fingerprint density at radius 2 is 1.81 bits per heavy atom. The molecular weight excluding hydrogens is 292 g/mol. The van der Waals surface area contributed by atoms with Gasteiger partial charge in [0.2, 0.25) is 0 Å². The molecule has 2 bridgehead atoms. The van der Waals surface area contributed by atoms with Gasteiger partial charge in [-0.15, -0.1) is 0 Å². The molecule has 0 amide bonds. The second kappa shape index (κ2) is 4.81. The highest BCUT2D eigenvalue weighted by Crippen LogP contribution is 2.73. The van der Waals surface area contributed by atoms with E-state index in [1.807, 2.05) is 6.07 Å². The molecule has 5 nitrogen and oxygen atoms in total. The van der Waals surface area contributed by atoms with Crippen molar-refractivity contribution >= 4 is 16.1 Å². The summed E-state index contributed by atoms with van der Waals surface area (Å²) in [6, 6.07) is 8.95. The highest BCUT2D eigenvalue weighted by atomic mass is 32.2. The molecule has 21 heavy (non-hydrogen) atoms. The lowest BCUT2D eigenvalue weighted by Crippen LogP contribution is -2.67. The molecule has 0 aliphatic heterocycles. The van der Waals surface area contributed by atoms with Gasteiger partial charge >= 0.3 is 5.97 Å². The number of esters is 1. The van der Waals surface area contributed by atoms with Gasteiger partial charge in [-0.25, -0.2) is 0 Å². The maximum absolute atomic E-state index is 12.0. The smallest absolute Gasteiger partial charge is 0.311 e. The molecule has 0 unspecified atom stereocenters. The van der Waals surface area contributed by atoms with Crippen LogP contribution in [0.4, 0.5) is 0 Å². The van der Waals surface area contributed by atoms with Crippen molar-refractivity contribution in [3.05, 3.63) is 35.9 Å². The summed E-state index contributed by atoms with van der Waals surface area (Å²) in [6.07, 6.45) is 2.02. The highest BCUT2D eigenvalue weighted by Gasteiger charge is 2.72. The predicted octanol–water partition coefficient (Wildman–Crippen LogP) is 1.88. The van der Waals surface area contributed by atoms with Crippen LogP contribution in [-0.2, 0) is 29.6 Å². The molecule has 0 radical (unpaired) electrons. The van der Waals surface area contributed by atoms with Gasteiger partial charge in [-0.3, -0.25) is 8.98 Å². The molecule has 0 saturated heterocycles. The minimum Gasteiger partial charge on any atom is -0.469 e. The van der Waals surface area contributed by atoms with Crippen molar-refractivity contribution in [2.75, 3.05) is 13.7 Å². The van der Waals surface area contributed by atoms with Crippen LogP contribution in [-0.4, -0.2) is 28.1 Å². The first kappa shape index (κ1) is 14.5. The average Bonchev–Trinajstić information content (AvgIpc) is 2.35. The summed E-state index contributed by atoms with van der Waals surface area (Å²) in [6.45, 7) is 0.168. The van der Waals surface area contributed by atoms with Crippen molar-refractivity contribution in [1.29, 1.82) is 0 Å². The molecule has 114 valence electrons. The van der Waals surface area contributed by atoms with Crippen LogP contribution >= 0.6 is 0 Å². The molecule has 0 heterocycles. The lowest BCUT2D eigenvalue weighted by atomic mass is 9.35. The predicted molar refractivity (Wildman–Crippen MR) is 75.8 cm³/mol. The van der Waals surface area contributed by atoms with Gasteiger partial charge in [-0.1, -0.05) is 30.3 Å². The molecule has 0 spiro atoms. The van der Waals surface area contributed by atoms with E-state index < -0.39 is 10.1 Å². The number of hydrogen-bond donors (Lipinski definition) is 0. The maximum Gasteiger partial charge on any atom is 0.311 e. The van der Waals surface area contributed by atoms with Crippen LogP contribution in [0.5, 0.6) is 0 Å². The van der Waals surface area contributed by atoms with E-state index in [9.17, 15) is 13.2 Å². The van der Waals surface area contributed by atoms with E-state index in [2.05, 4.69) is 0 Å². The molecule has 1 aromatic rings. The van der Waals surface area contributed by atoms with Crippen LogP contribution in [0.25, 0.3) is 0 Å². The number of ether oxygens (including phenoxy) is 1. The Bertz CT molecular complexity index is 630. The summed E-state index contributed by atoms with van der Waals surface area (Å²) in [5.74, 6) is -0.303. The van der Waals surface area contributed by atoms with Crippen molar-refractivity contribution in [1.82, 2.24) is 0 Å². The zero-order chi connectivity index (χ0) is 15.1. The second-order valence-electron chi connectivity index (χ2n) is 6.25. The molecule has 3 fully saturated rings. The fraction of sp³-hybridized carbons (Fsp3) is 0.533. The molecule has 0 aromatic heterocycles. The lowest BCUT2D eigenvalue weighted by molar-refractivity contribution is -0.233. The molecule has 0 N–H and O–H groups in total. The van der Waals surface area contributed by atoms with Crippen LogP contribution in [0.3, 0.4) is 0 Å². The van der Waals surface area contributed by atoms with E-state index in [0.29, 0.717) is 24.8 Å². The number of carbonyl (C=O) groups is 1. The van der Waals surface area contributed by atoms with Crippen molar-refractivity contribution in [3.63, 3.8) is 0 Å². The minimum atomic E-state index is -3.58. The van der Waals surface area contributed by atoms with E-state index in [1.54, 1.807) is 24.3 Å². The zero-order valence-electron chi connectivity index (χ0n) is 11.9. The van der Waals surface area contributed by atoms with Gasteiger partial charge in [0.15, 0.2) is 0 Å². The number of carbonyl (C=O) groups excluding carboxylic acids is 1. The van der Waals surface area contributed by atoms with E-state index in [-0.39, 0.29) is 29.2 Å². The molecule has 0 atom stereocenters. The van der Waals surface area contributed by atoms with Gasteiger partial charge in [-0.05, 0) is 30.2 Å². The number of methoxy groups -OCH3 is 1. The molecule has 3 aliphatic rings. The third-order valence-corrected chi connectivity index (χ3v) is 5.65. The highest BCUT2D eigenvalue weighted by molar-refractivity contribution is 7.85. The third-order valence-electron chi connectivity index (χ3n) is 4.49. The first-order valence-corrected chi connectivity index (χ1v) is 8.46. The van der Waals surface area contributed by atoms with Crippen LogP contribution in [0, 0.1) is 10.8 Å². The zero-order valence-corrected chi connectivity index (χ0v) is 12.7. The summed E-state index contributed by atoms with van der Waals surface area (Å²) in [7, 11) is -2.20. The lowest BCUT2D eigenvalue weighted by Gasteiger charge is -2.68. The first-order valence-electron chi connectivity index (χ1n) is 6.88. The molecule has 3 aliphatic carbocycles. The Balaban J connectivity index is 1.52. The summed E-state index contributed by atoms with van der Waals surface area (Å²) in [4.78, 5) is 11.6.